The second-order valence-electron chi connectivity index (χ2n) is 3.25. The van der Waals surface area contributed by atoms with Crippen LogP contribution < -0.4 is 5.32 Å². The van der Waals surface area contributed by atoms with E-state index in [0.717, 1.165) is 12.1 Å². The van der Waals surface area contributed by atoms with Crippen molar-refractivity contribution in [2.24, 2.45) is 0 Å². The quantitative estimate of drug-likeness (QED) is 0.651. The highest BCUT2D eigenvalue weighted by molar-refractivity contribution is 14.1. The van der Waals surface area contributed by atoms with Crippen molar-refractivity contribution in [3.8, 4) is 0 Å². The van der Waals surface area contributed by atoms with Gasteiger partial charge >= 0.3 is 6.18 Å². The molecular weight excluding hydrogens is 353 g/mol. The fourth-order valence-corrected chi connectivity index (χ4v) is 1.81. The summed E-state index contributed by atoms with van der Waals surface area (Å²) in [7, 11) is 0. The molecule has 2 nitrogen and oxygen atoms in total. The number of carbonyl (C=O) groups excluding carboxylic acids is 1. The van der Waals surface area contributed by atoms with E-state index in [9.17, 15) is 22.4 Å². The van der Waals surface area contributed by atoms with Gasteiger partial charge in [-0.3, -0.25) is 4.79 Å². The molecule has 1 aromatic rings. The third-order valence-electron chi connectivity index (χ3n) is 1.87. The third kappa shape index (κ3) is 4.88. The summed E-state index contributed by atoms with van der Waals surface area (Å²) in [5, 5.41) is 2.13. The lowest BCUT2D eigenvalue weighted by molar-refractivity contribution is -0.132. The standard InChI is InChI=1S/C10H8F4INO/c11-6-1-2-7(8(15)5-6)9(17)16-4-3-10(12,13)14/h1-2,5H,3-4H2,(H,16,17). The zero-order chi connectivity index (χ0) is 13.1. The van der Waals surface area contributed by atoms with Crippen LogP contribution in [0.15, 0.2) is 18.2 Å². The Morgan fingerprint density at radius 1 is 1.35 bits per heavy atom. The fraction of sp³-hybridized carbons (Fsp3) is 0.300. The van der Waals surface area contributed by atoms with Gasteiger partial charge in [0.05, 0.1) is 12.0 Å². The van der Waals surface area contributed by atoms with Crippen molar-refractivity contribution in [1.82, 2.24) is 5.32 Å². The summed E-state index contributed by atoms with van der Waals surface area (Å²) in [6.07, 6.45) is -5.39. The van der Waals surface area contributed by atoms with Crippen molar-refractivity contribution in [2.75, 3.05) is 6.54 Å². The number of alkyl halides is 3. The van der Waals surface area contributed by atoms with E-state index in [1.54, 1.807) is 22.6 Å². The lowest BCUT2D eigenvalue weighted by Gasteiger charge is -2.08. The number of hydrogen-bond acceptors (Lipinski definition) is 1. The van der Waals surface area contributed by atoms with E-state index in [1.807, 2.05) is 0 Å². The van der Waals surface area contributed by atoms with Crippen molar-refractivity contribution in [3.63, 3.8) is 0 Å². The maximum Gasteiger partial charge on any atom is 0.390 e. The second-order valence-corrected chi connectivity index (χ2v) is 4.41. The van der Waals surface area contributed by atoms with Crippen LogP contribution in [0, 0.1) is 9.39 Å². The second kappa shape index (κ2) is 5.65. The van der Waals surface area contributed by atoms with Gasteiger partial charge in [-0.25, -0.2) is 4.39 Å². The maximum absolute atomic E-state index is 12.7. The fourth-order valence-electron chi connectivity index (χ4n) is 1.09. The minimum Gasteiger partial charge on any atom is -0.352 e. The summed E-state index contributed by atoms with van der Waals surface area (Å²) >= 11 is 1.75. The minimum absolute atomic E-state index is 0.161. The highest BCUT2D eigenvalue weighted by Crippen LogP contribution is 2.18. The summed E-state index contributed by atoms with van der Waals surface area (Å²) in [4.78, 5) is 11.5. The monoisotopic (exact) mass is 361 g/mol. The van der Waals surface area contributed by atoms with Crippen molar-refractivity contribution in [1.29, 1.82) is 0 Å². The first-order valence-corrected chi connectivity index (χ1v) is 5.67. The van der Waals surface area contributed by atoms with Crippen molar-refractivity contribution in [3.05, 3.63) is 33.1 Å². The molecule has 7 heteroatoms. The van der Waals surface area contributed by atoms with Gasteiger partial charge in [0.25, 0.3) is 5.91 Å². The van der Waals surface area contributed by atoms with E-state index < -0.39 is 30.9 Å². The van der Waals surface area contributed by atoms with E-state index >= 15 is 0 Å². The summed E-state index contributed by atoms with van der Waals surface area (Å²) in [6.45, 7) is -0.490. The molecule has 0 saturated heterocycles. The van der Waals surface area contributed by atoms with Gasteiger partial charge in [-0.1, -0.05) is 0 Å². The molecule has 1 amide bonds. The van der Waals surface area contributed by atoms with E-state index in [4.69, 9.17) is 0 Å². The third-order valence-corrected chi connectivity index (χ3v) is 2.76. The average molecular weight is 361 g/mol. The molecule has 0 atom stereocenters. The van der Waals surface area contributed by atoms with Gasteiger partial charge in [-0.2, -0.15) is 13.2 Å². The number of halogens is 5. The van der Waals surface area contributed by atoms with Crippen LogP contribution in [0.1, 0.15) is 16.8 Å². The van der Waals surface area contributed by atoms with Gasteiger partial charge in [-0.05, 0) is 40.8 Å². The SMILES string of the molecule is O=C(NCCC(F)(F)F)c1ccc(F)cc1I. The first-order chi connectivity index (χ1) is 7.79. The smallest absolute Gasteiger partial charge is 0.352 e. The van der Waals surface area contributed by atoms with Crippen molar-refractivity contribution in [2.45, 2.75) is 12.6 Å². The van der Waals surface area contributed by atoms with Gasteiger partial charge in [0.15, 0.2) is 0 Å². The van der Waals surface area contributed by atoms with Crippen LogP contribution in [0.2, 0.25) is 0 Å². The zero-order valence-electron chi connectivity index (χ0n) is 8.44. The van der Waals surface area contributed by atoms with E-state index in [-0.39, 0.29) is 5.56 Å². The Morgan fingerprint density at radius 3 is 2.53 bits per heavy atom. The van der Waals surface area contributed by atoms with E-state index in [1.165, 1.54) is 6.07 Å². The normalized spacial score (nSPS) is 11.4. The highest BCUT2D eigenvalue weighted by Gasteiger charge is 2.26. The molecule has 0 aromatic heterocycles. The Morgan fingerprint density at radius 2 is 2.00 bits per heavy atom. The Kier molecular flexibility index (Phi) is 4.72. The topological polar surface area (TPSA) is 29.1 Å². The zero-order valence-corrected chi connectivity index (χ0v) is 10.6. The molecule has 0 spiro atoms. The van der Waals surface area contributed by atoms with Crippen LogP contribution in [-0.2, 0) is 0 Å². The van der Waals surface area contributed by atoms with Gasteiger partial charge in [0, 0.05) is 10.1 Å². The lowest BCUT2D eigenvalue weighted by Crippen LogP contribution is -2.28. The number of benzene rings is 1. The van der Waals surface area contributed by atoms with Crippen LogP contribution >= 0.6 is 22.6 Å². The van der Waals surface area contributed by atoms with Gasteiger partial charge in [0.1, 0.15) is 5.82 Å². The molecule has 0 saturated carbocycles. The molecule has 1 N–H and O–H groups in total. The van der Waals surface area contributed by atoms with Crippen LogP contribution in [0.4, 0.5) is 17.6 Å². The number of carbonyl (C=O) groups is 1. The largest absolute Gasteiger partial charge is 0.390 e. The lowest BCUT2D eigenvalue weighted by atomic mass is 10.2. The highest BCUT2D eigenvalue weighted by atomic mass is 127. The van der Waals surface area contributed by atoms with Gasteiger partial charge in [-0.15, -0.1) is 0 Å². The van der Waals surface area contributed by atoms with Gasteiger partial charge in [0.2, 0.25) is 0 Å². The molecule has 0 heterocycles. The van der Waals surface area contributed by atoms with E-state index in [2.05, 4.69) is 5.32 Å². The van der Waals surface area contributed by atoms with Crippen LogP contribution in [-0.4, -0.2) is 18.6 Å². The predicted octanol–water partition coefficient (Wildman–Crippen LogP) is 3.11. The molecule has 0 unspecified atom stereocenters. The minimum atomic E-state index is -4.30. The Balaban J connectivity index is 2.59. The molecule has 0 fully saturated rings. The summed E-state index contributed by atoms with van der Waals surface area (Å²) < 4.78 is 48.6. The number of amides is 1. The van der Waals surface area contributed by atoms with E-state index in [0.29, 0.717) is 3.57 Å². The molecule has 1 rings (SSSR count). The first-order valence-electron chi connectivity index (χ1n) is 4.59. The molecule has 0 radical (unpaired) electrons. The Hall–Kier alpha value is -0.860. The molecule has 1 aromatic carbocycles. The predicted molar refractivity (Wildman–Crippen MR) is 62.1 cm³/mol. The molecule has 17 heavy (non-hydrogen) atoms. The number of rotatable bonds is 3. The van der Waals surface area contributed by atoms with Crippen LogP contribution in [0.5, 0.6) is 0 Å². The maximum atomic E-state index is 12.7. The number of nitrogens with one attached hydrogen (secondary N) is 1. The molecule has 0 aliphatic rings. The molecule has 94 valence electrons. The molecular formula is C10H8F4INO. The Bertz CT molecular complexity index is 419. The first kappa shape index (κ1) is 14.2. The molecule has 0 bridgehead atoms. The van der Waals surface area contributed by atoms with Crippen molar-refractivity contribution >= 4 is 28.5 Å². The average Bonchev–Trinajstić information content (AvgIpc) is 2.15. The van der Waals surface area contributed by atoms with Crippen molar-refractivity contribution < 1.29 is 22.4 Å². The summed E-state index contributed by atoms with van der Waals surface area (Å²) in [5.41, 5.74) is 0.161. The van der Waals surface area contributed by atoms with Crippen LogP contribution in [0.25, 0.3) is 0 Å². The number of hydrogen-bond donors (Lipinski definition) is 1. The summed E-state index contributed by atoms with van der Waals surface area (Å²) in [6, 6.07) is 3.46. The van der Waals surface area contributed by atoms with Gasteiger partial charge < -0.3 is 5.32 Å². The Labute approximate surface area is 109 Å². The molecule has 0 aliphatic carbocycles. The summed E-state index contributed by atoms with van der Waals surface area (Å²) in [5.74, 6) is -1.14. The van der Waals surface area contributed by atoms with Crippen LogP contribution in [0.3, 0.4) is 0 Å². The molecule has 0 aliphatic heterocycles.